The van der Waals surface area contributed by atoms with Gasteiger partial charge in [0.1, 0.15) is 17.1 Å². The van der Waals surface area contributed by atoms with Crippen molar-refractivity contribution in [1.82, 2.24) is 20.2 Å². The van der Waals surface area contributed by atoms with Crippen molar-refractivity contribution in [1.29, 1.82) is 0 Å². The highest BCUT2D eigenvalue weighted by Gasteiger charge is 2.28. The molecule has 1 N–H and O–H groups in total. The first-order chi connectivity index (χ1) is 12.7. The summed E-state index contributed by atoms with van der Waals surface area (Å²) in [7, 11) is 1.35. The number of anilines is 1. The maximum Gasteiger partial charge on any atom is 0.341 e. The fourth-order valence-electron chi connectivity index (χ4n) is 2.82. The molecule has 0 spiro atoms. The average molecular weight is 353 g/mol. The lowest BCUT2D eigenvalue weighted by Gasteiger charge is -2.06. The molecule has 4 rings (SSSR count). The van der Waals surface area contributed by atoms with Crippen LogP contribution in [0.2, 0.25) is 0 Å². The molecule has 2 heterocycles. The second kappa shape index (κ2) is 6.62. The van der Waals surface area contributed by atoms with E-state index in [-0.39, 0.29) is 0 Å². The standard InChI is InChI=1S/C18H19N5O3/c1-11-16(18(24)25-2)9-15(26-11)10-19-13-5-3-12(4-6-13)17-20-21-22-23(17)14-7-8-14/h3-6,9,14,19H,7-8,10H2,1-2H3. The van der Waals surface area contributed by atoms with Gasteiger partial charge in [0.15, 0.2) is 5.82 Å². The van der Waals surface area contributed by atoms with Crippen molar-refractivity contribution < 1.29 is 13.9 Å². The SMILES string of the molecule is COC(=O)c1cc(CNc2ccc(-c3nnnn3C3CC3)cc2)oc1C. The predicted octanol–water partition coefficient (Wildman–Crippen LogP) is 2.98. The number of tetrazole rings is 1. The third-order valence-corrected chi connectivity index (χ3v) is 4.37. The van der Waals surface area contributed by atoms with Crippen LogP contribution >= 0.6 is 0 Å². The van der Waals surface area contributed by atoms with Gasteiger partial charge in [-0.1, -0.05) is 0 Å². The Bertz CT molecular complexity index is 925. The van der Waals surface area contributed by atoms with E-state index < -0.39 is 5.97 Å². The molecule has 0 aliphatic heterocycles. The number of furan rings is 1. The summed E-state index contributed by atoms with van der Waals surface area (Å²) in [5.74, 6) is 1.62. The number of aryl methyl sites for hydroxylation is 1. The van der Waals surface area contributed by atoms with E-state index in [1.54, 1.807) is 13.0 Å². The zero-order valence-electron chi connectivity index (χ0n) is 14.6. The number of benzene rings is 1. The highest BCUT2D eigenvalue weighted by Crippen LogP contribution is 2.36. The van der Waals surface area contributed by atoms with Crippen molar-refractivity contribution in [3.8, 4) is 11.4 Å². The van der Waals surface area contributed by atoms with Gasteiger partial charge >= 0.3 is 5.97 Å². The van der Waals surface area contributed by atoms with Gasteiger partial charge in [-0.25, -0.2) is 9.48 Å². The lowest BCUT2D eigenvalue weighted by Crippen LogP contribution is -2.01. The van der Waals surface area contributed by atoms with Gasteiger partial charge in [-0.05, 0) is 60.5 Å². The quantitative estimate of drug-likeness (QED) is 0.681. The van der Waals surface area contributed by atoms with E-state index in [4.69, 9.17) is 9.15 Å². The molecule has 1 aliphatic rings. The van der Waals surface area contributed by atoms with Crippen LogP contribution in [-0.4, -0.2) is 33.3 Å². The molecule has 0 unspecified atom stereocenters. The van der Waals surface area contributed by atoms with Gasteiger partial charge in [0.25, 0.3) is 0 Å². The number of hydrogen-bond donors (Lipinski definition) is 1. The molecule has 3 aromatic rings. The number of rotatable bonds is 6. The highest BCUT2D eigenvalue weighted by atomic mass is 16.5. The number of carbonyl (C=O) groups excluding carboxylic acids is 1. The van der Waals surface area contributed by atoms with Crippen molar-refractivity contribution in [3.05, 3.63) is 47.4 Å². The zero-order valence-corrected chi connectivity index (χ0v) is 14.6. The molecule has 0 atom stereocenters. The first-order valence-electron chi connectivity index (χ1n) is 8.45. The summed E-state index contributed by atoms with van der Waals surface area (Å²) < 4.78 is 12.2. The Kier molecular flexibility index (Phi) is 4.16. The molecule has 134 valence electrons. The molecular weight excluding hydrogens is 334 g/mol. The Morgan fingerprint density at radius 2 is 2.12 bits per heavy atom. The molecule has 8 nitrogen and oxygen atoms in total. The summed E-state index contributed by atoms with van der Waals surface area (Å²) in [6.45, 7) is 2.21. The molecule has 1 aliphatic carbocycles. The lowest BCUT2D eigenvalue weighted by molar-refractivity contribution is 0.0599. The maximum absolute atomic E-state index is 11.6. The molecule has 0 radical (unpaired) electrons. The largest absolute Gasteiger partial charge is 0.465 e. The van der Waals surface area contributed by atoms with Crippen molar-refractivity contribution in [2.24, 2.45) is 0 Å². The molecule has 0 amide bonds. The number of ether oxygens (including phenoxy) is 1. The third kappa shape index (κ3) is 3.17. The minimum absolute atomic E-state index is 0.393. The molecule has 1 aromatic carbocycles. The summed E-state index contributed by atoms with van der Waals surface area (Å²) in [5, 5.41) is 15.3. The Morgan fingerprint density at radius 1 is 1.35 bits per heavy atom. The van der Waals surface area contributed by atoms with Gasteiger partial charge in [-0.2, -0.15) is 0 Å². The molecule has 0 saturated heterocycles. The highest BCUT2D eigenvalue weighted by molar-refractivity contribution is 5.90. The van der Waals surface area contributed by atoms with Crippen LogP contribution in [0.3, 0.4) is 0 Å². The topological polar surface area (TPSA) is 95.1 Å². The van der Waals surface area contributed by atoms with Crippen LogP contribution < -0.4 is 5.32 Å². The van der Waals surface area contributed by atoms with Crippen molar-refractivity contribution in [2.75, 3.05) is 12.4 Å². The van der Waals surface area contributed by atoms with Crippen LogP contribution in [0.4, 0.5) is 5.69 Å². The molecule has 1 fully saturated rings. The maximum atomic E-state index is 11.6. The second-order valence-corrected chi connectivity index (χ2v) is 6.28. The van der Waals surface area contributed by atoms with Crippen molar-refractivity contribution >= 4 is 11.7 Å². The summed E-state index contributed by atoms with van der Waals surface area (Å²) in [6, 6.07) is 10.0. The van der Waals surface area contributed by atoms with E-state index in [0.717, 1.165) is 29.9 Å². The van der Waals surface area contributed by atoms with Crippen LogP contribution in [-0.2, 0) is 11.3 Å². The number of nitrogens with one attached hydrogen (secondary N) is 1. The fourth-order valence-corrected chi connectivity index (χ4v) is 2.82. The molecular formula is C18H19N5O3. The molecule has 26 heavy (non-hydrogen) atoms. The van der Waals surface area contributed by atoms with Gasteiger partial charge < -0.3 is 14.5 Å². The van der Waals surface area contributed by atoms with E-state index in [1.165, 1.54) is 7.11 Å². The fraction of sp³-hybridized carbons (Fsp3) is 0.333. The van der Waals surface area contributed by atoms with Crippen LogP contribution in [0.1, 0.15) is 40.8 Å². The average Bonchev–Trinajstić information content (AvgIpc) is 3.27. The second-order valence-electron chi connectivity index (χ2n) is 6.28. The van der Waals surface area contributed by atoms with Gasteiger partial charge in [-0.3, -0.25) is 0 Å². The van der Waals surface area contributed by atoms with E-state index in [9.17, 15) is 4.79 Å². The Balaban J connectivity index is 1.43. The number of esters is 1. The van der Waals surface area contributed by atoms with Crippen molar-refractivity contribution in [2.45, 2.75) is 32.4 Å². The smallest absolute Gasteiger partial charge is 0.341 e. The normalized spacial score (nSPS) is 13.6. The Morgan fingerprint density at radius 3 is 2.81 bits per heavy atom. The van der Waals surface area contributed by atoms with Crippen LogP contribution in [0, 0.1) is 6.92 Å². The number of hydrogen-bond acceptors (Lipinski definition) is 7. The van der Waals surface area contributed by atoms with Gasteiger partial charge in [-0.15, -0.1) is 5.10 Å². The summed E-state index contributed by atoms with van der Waals surface area (Å²) in [5.41, 5.74) is 2.37. The van der Waals surface area contributed by atoms with E-state index in [2.05, 4.69) is 20.8 Å². The number of nitrogens with zero attached hydrogens (tertiary/aromatic N) is 4. The Hall–Kier alpha value is -3.16. The lowest BCUT2D eigenvalue weighted by atomic mass is 10.2. The summed E-state index contributed by atoms with van der Waals surface area (Å²) in [4.78, 5) is 11.6. The number of carbonyl (C=O) groups is 1. The van der Waals surface area contributed by atoms with E-state index in [1.807, 2.05) is 28.9 Å². The third-order valence-electron chi connectivity index (χ3n) is 4.37. The van der Waals surface area contributed by atoms with Crippen LogP contribution in [0.25, 0.3) is 11.4 Å². The summed E-state index contributed by atoms with van der Waals surface area (Å²) >= 11 is 0. The summed E-state index contributed by atoms with van der Waals surface area (Å²) in [6.07, 6.45) is 2.27. The number of aromatic nitrogens is 4. The minimum Gasteiger partial charge on any atom is -0.465 e. The van der Waals surface area contributed by atoms with Gasteiger partial charge in [0.05, 0.1) is 19.7 Å². The molecule has 8 heteroatoms. The molecule has 1 saturated carbocycles. The number of methoxy groups -OCH3 is 1. The Labute approximate surface area is 150 Å². The van der Waals surface area contributed by atoms with Crippen LogP contribution in [0.15, 0.2) is 34.7 Å². The predicted molar refractivity (Wildman–Crippen MR) is 93.6 cm³/mol. The first kappa shape index (κ1) is 16.3. The zero-order chi connectivity index (χ0) is 18.1. The molecule has 2 aromatic heterocycles. The van der Waals surface area contributed by atoms with E-state index in [0.29, 0.717) is 29.7 Å². The van der Waals surface area contributed by atoms with Crippen molar-refractivity contribution in [3.63, 3.8) is 0 Å². The van der Waals surface area contributed by atoms with Gasteiger partial charge in [0, 0.05) is 11.3 Å². The first-order valence-corrected chi connectivity index (χ1v) is 8.45. The van der Waals surface area contributed by atoms with Crippen LogP contribution in [0.5, 0.6) is 0 Å². The van der Waals surface area contributed by atoms with E-state index >= 15 is 0 Å². The monoisotopic (exact) mass is 353 g/mol. The minimum atomic E-state index is -0.393. The molecule has 0 bridgehead atoms. The van der Waals surface area contributed by atoms with Gasteiger partial charge in [0.2, 0.25) is 0 Å².